The van der Waals surface area contributed by atoms with Crippen molar-refractivity contribution in [3.63, 3.8) is 0 Å². The van der Waals surface area contributed by atoms with E-state index in [1.165, 1.54) is 0 Å². The third-order valence-corrected chi connectivity index (χ3v) is 5.06. The number of halogens is 2. The number of methoxy groups -OCH3 is 1. The van der Waals surface area contributed by atoms with Crippen molar-refractivity contribution in [3.05, 3.63) is 52.5 Å². The molecule has 140 valence electrons. The number of carbonyl (C=O) groups is 1. The first kappa shape index (κ1) is 19.5. The van der Waals surface area contributed by atoms with Gasteiger partial charge in [0.25, 0.3) is 5.22 Å². The zero-order chi connectivity index (χ0) is 19.4. The van der Waals surface area contributed by atoms with Crippen LogP contribution in [0.1, 0.15) is 6.92 Å². The fourth-order valence-corrected chi connectivity index (χ4v) is 3.28. The second-order valence-electron chi connectivity index (χ2n) is 5.48. The third-order valence-electron chi connectivity index (χ3n) is 3.58. The molecule has 9 heteroatoms. The third kappa shape index (κ3) is 4.94. The summed E-state index contributed by atoms with van der Waals surface area (Å²) in [5, 5.41) is 11.4. The molecule has 0 aliphatic heterocycles. The summed E-state index contributed by atoms with van der Waals surface area (Å²) in [6.07, 6.45) is 0. The maximum atomic E-state index is 12.4. The zero-order valence-corrected chi connectivity index (χ0v) is 16.7. The van der Waals surface area contributed by atoms with Crippen molar-refractivity contribution in [2.75, 3.05) is 12.4 Å². The van der Waals surface area contributed by atoms with E-state index in [0.29, 0.717) is 26.8 Å². The Morgan fingerprint density at radius 3 is 2.59 bits per heavy atom. The summed E-state index contributed by atoms with van der Waals surface area (Å²) in [7, 11) is 1.60. The molecule has 0 aliphatic rings. The number of carbonyl (C=O) groups excluding carboxylic acids is 1. The van der Waals surface area contributed by atoms with Crippen molar-refractivity contribution in [1.82, 2.24) is 10.2 Å². The Kier molecular flexibility index (Phi) is 6.26. The lowest BCUT2D eigenvalue weighted by atomic mass is 10.2. The molecule has 1 unspecified atom stereocenters. The minimum Gasteiger partial charge on any atom is -0.497 e. The fraction of sp³-hybridized carbons (Fsp3) is 0.167. The van der Waals surface area contributed by atoms with Gasteiger partial charge in [-0.25, -0.2) is 0 Å². The predicted molar refractivity (Wildman–Crippen MR) is 107 cm³/mol. The Morgan fingerprint density at radius 1 is 1.19 bits per heavy atom. The molecule has 0 bridgehead atoms. The summed E-state index contributed by atoms with van der Waals surface area (Å²) in [6, 6.07) is 12.1. The van der Waals surface area contributed by atoms with Gasteiger partial charge in [-0.1, -0.05) is 35.0 Å². The number of thioether (sulfide) groups is 1. The molecule has 1 aromatic heterocycles. The molecule has 0 spiro atoms. The highest BCUT2D eigenvalue weighted by atomic mass is 35.5. The molecule has 1 amide bonds. The van der Waals surface area contributed by atoms with Crippen LogP contribution in [0.2, 0.25) is 10.0 Å². The number of hydrogen-bond donors (Lipinski definition) is 1. The smallest absolute Gasteiger partial charge is 0.277 e. The number of nitrogens with zero attached hydrogens (tertiary/aromatic N) is 2. The normalized spacial score (nSPS) is 11.9. The standard InChI is InChI=1S/C18H15Cl2N3O3S/c1-10(16(24)21-15-8-5-12(19)9-14(15)20)27-18-23-22-17(26-18)11-3-6-13(25-2)7-4-11/h3-10H,1-2H3,(H,21,24). The van der Waals surface area contributed by atoms with Gasteiger partial charge in [-0.3, -0.25) is 4.79 Å². The number of ether oxygens (including phenoxy) is 1. The zero-order valence-electron chi connectivity index (χ0n) is 14.4. The van der Waals surface area contributed by atoms with Gasteiger partial charge in [-0.15, -0.1) is 10.2 Å². The van der Waals surface area contributed by atoms with Gasteiger partial charge < -0.3 is 14.5 Å². The average Bonchev–Trinajstić information content (AvgIpc) is 3.12. The number of hydrogen-bond acceptors (Lipinski definition) is 6. The van der Waals surface area contributed by atoms with Crippen LogP contribution in [0, 0.1) is 0 Å². The number of nitrogens with one attached hydrogen (secondary N) is 1. The Hall–Kier alpha value is -2.22. The largest absolute Gasteiger partial charge is 0.497 e. The SMILES string of the molecule is COc1ccc(-c2nnc(SC(C)C(=O)Nc3ccc(Cl)cc3Cl)o2)cc1. The number of anilines is 1. The van der Waals surface area contributed by atoms with Gasteiger partial charge in [-0.05, 0) is 49.4 Å². The van der Waals surface area contributed by atoms with Gasteiger partial charge >= 0.3 is 0 Å². The van der Waals surface area contributed by atoms with Crippen LogP contribution in [0.5, 0.6) is 5.75 Å². The van der Waals surface area contributed by atoms with E-state index in [9.17, 15) is 4.79 Å². The Balaban J connectivity index is 1.64. The molecule has 0 radical (unpaired) electrons. The summed E-state index contributed by atoms with van der Waals surface area (Å²) < 4.78 is 10.8. The first-order valence-corrected chi connectivity index (χ1v) is 9.50. The van der Waals surface area contributed by atoms with Crippen LogP contribution >= 0.6 is 35.0 Å². The first-order chi connectivity index (χ1) is 13.0. The van der Waals surface area contributed by atoms with Gasteiger partial charge in [0.2, 0.25) is 11.8 Å². The maximum absolute atomic E-state index is 12.4. The predicted octanol–water partition coefficient (Wildman–Crippen LogP) is 5.17. The fourth-order valence-electron chi connectivity index (χ4n) is 2.14. The topological polar surface area (TPSA) is 77.2 Å². The molecule has 0 aliphatic carbocycles. The lowest BCUT2D eigenvalue weighted by Crippen LogP contribution is -2.22. The molecule has 3 rings (SSSR count). The van der Waals surface area contributed by atoms with Crippen molar-refractivity contribution < 1.29 is 13.9 Å². The van der Waals surface area contributed by atoms with Crippen molar-refractivity contribution in [1.29, 1.82) is 0 Å². The van der Waals surface area contributed by atoms with Crippen LogP contribution in [0.4, 0.5) is 5.69 Å². The van der Waals surface area contributed by atoms with Crippen molar-refractivity contribution in [2.24, 2.45) is 0 Å². The van der Waals surface area contributed by atoms with E-state index < -0.39 is 5.25 Å². The molecular weight excluding hydrogens is 409 g/mol. The van der Waals surface area contributed by atoms with Crippen LogP contribution in [-0.2, 0) is 4.79 Å². The van der Waals surface area contributed by atoms with E-state index in [-0.39, 0.29) is 5.91 Å². The molecule has 1 N–H and O–H groups in total. The van der Waals surface area contributed by atoms with Crippen molar-refractivity contribution >= 4 is 46.6 Å². The first-order valence-electron chi connectivity index (χ1n) is 7.87. The van der Waals surface area contributed by atoms with Gasteiger partial charge in [0.05, 0.1) is 23.1 Å². The quantitative estimate of drug-likeness (QED) is 0.550. The van der Waals surface area contributed by atoms with Gasteiger partial charge in [-0.2, -0.15) is 0 Å². The molecule has 0 saturated carbocycles. The number of aromatic nitrogens is 2. The minimum absolute atomic E-state index is 0.242. The van der Waals surface area contributed by atoms with Crippen LogP contribution in [0.3, 0.4) is 0 Å². The van der Waals surface area contributed by atoms with E-state index in [1.54, 1.807) is 44.4 Å². The highest BCUT2D eigenvalue weighted by Crippen LogP contribution is 2.29. The van der Waals surface area contributed by atoms with Crippen LogP contribution in [-0.4, -0.2) is 28.5 Å². The molecule has 0 saturated heterocycles. The summed E-state index contributed by atoms with van der Waals surface area (Å²) in [6.45, 7) is 1.74. The summed E-state index contributed by atoms with van der Waals surface area (Å²) in [5.41, 5.74) is 1.25. The van der Waals surface area contributed by atoms with Gasteiger partial charge in [0, 0.05) is 10.6 Å². The molecule has 1 atom stereocenters. The van der Waals surface area contributed by atoms with Crippen molar-refractivity contribution in [3.8, 4) is 17.2 Å². The molecule has 1 heterocycles. The van der Waals surface area contributed by atoms with Crippen LogP contribution < -0.4 is 10.1 Å². The Bertz CT molecular complexity index is 947. The average molecular weight is 424 g/mol. The second kappa shape index (κ2) is 8.65. The van der Waals surface area contributed by atoms with Crippen LogP contribution in [0.25, 0.3) is 11.5 Å². The molecule has 6 nitrogen and oxygen atoms in total. The summed E-state index contributed by atoms with van der Waals surface area (Å²) in [5.74, 6) is 0.862. The molecule has 2 aromatic carbocycles. The lowest BCUT2D eigenvalue weighted by molar-refractivity contribution is -0.115. The number of amides is 1. The molecule has 27 heavy (non-hydrogen) atoms. The van der Waals surface area contributed by atoms with Gasteiger partial charge in [0.15, 0.2) is 0 Å². The maximum Gasteiger partial charge on any atom is 0.277 e. The monoisotopic (exact) mass is 423 g/mol. The molecule has 3 aromatic rings. The summed E-state index contributed by atoms with van der Waals surface area (Å²) in [4.78, 5) is 12.4. The summed E-state index contributed by atoms with van der Waals surface area (Å²) >= 11 is 13.1. The van der Waals surface area contributed by atoms with Gasteiger partial charge in [0.1, 0.15) is 5.75 Å². The van der Waals surface area contributed by atoms with E-state index in [2.05, 4.69) is 15.5 Å². The minimum atomic E-state index is -0.471. The van der Waals surface area contributed by atoms with E-state index >= 15 is 0 Å². The number of benzene rings is 2. The highest BCUT2D eigenvalue weighted by Gasteiger charge is 2.19. The molecule has 0 fully saturated rings. The van der Waals surface area contributed by atoms with E-state index in [0.717, 1.165) is 23.1 Å². The number of rotatable bonds is 6. The lowest BCUT2D eigenvalue weighted by Gasteiger charge is -2.11. The van der Waals surface area contributed by atoms with Crippen LogP contribution in [0.15, 0.2) is 52.1 Å². The van der Waals surface area contributed by atoms with E-state index in [1.807, 2.05) is 12.1 Å². The molecular formula is C18H15Cl2N3O3S. The van der Waals surface area contributed by atoms with Crippen molar-refractivity contribution in [2.45, 2.75) is 17.4 Å². The second-order valence-corrected chi connectivity index (χ2v) is 7.61. The highest BCUT2D eigenvalue weighted by molar-refractivity contribution is 8.00. The Labute approximate surface area is 170 Å². The van der Waals surface area contributed by atoms with E-state index in [4.69, 9.17) is 32.4 Å². The Morgan fingerprint density at radius 2 is 1.93 bits per heavy atom.